The molecule has 0 bridgehead atoms. The summed E-state index contributed by atoms with van der Waals surface area (Å²) in [6.07, 6.45) is 0. The molecular formula is C18H16N6O5S. The third-order valence-electron chi connectivity index (χ3n) is 4.08. The van der Waals surface area contributed by atoms with Crippen LogP contribution in [0.1, 0.15) is 6.92 Å². The molecule has 11 nitrogen and oxygen atoms in total. The standard InChI is InChI=1S/C18H16N6O5S/c1-2-22-17(12-7-9-13(10-8-12)23(26)27)20-21-18(22)30-11-16(25)19-14-5-3-4-6-15(14)24(28)29/h3-10H,2,11H2,1H3,(H,19,25). The number of carbonyl (C=O) groups excluding carboxylic acids is 1. The number of thioether (sulfide) groups is 1. The highest BCUT2D eigenvalue weighted by atomic mass is 32.2. The smallest absolute Gasteiger partial charge is 0.292 e. The molecule has 3 aromatic rings. The summed E-state index contributed by atoms with van der Waals surface area (Å²) in [5, 5.41) is 33.1. The predicted molar refractivity (Wildman–Crippen MR) is 110 cm³/mol. The van der Waals surface area contributed by atoms with Gasteiger partial charge in [-0.15, -0.1) is 10.2 Å². The zero-order valence-corrected chi connectivity index (χ0v) is 16.5. The molecular weight excluding hydrogens is 412 g/mol. The molecule has 0 fully saturated rings. The summed E-state index contributed by atoms with van der Waals surface area (Å²) in [7, 11) is 0. The number of nitro groups is 2. The second kappa shape index (κ2) is 9.13. The van der Waals surface area contributed by atoms with E-state index in [-0.39, 0.29) is 22.8 Å². The van der Waals surface area contributed by atoms with Crippen LogP contribution in [0.5, 0.6) is 0 Å². The molecule has 0 saturated carbocycles. The summed E-state index contributed by atoms with van der Waals surface area (Å²) in [4.78, 5) is 33.1. The molecule has 0 unspecified atom stereocenters. The molecule has 1 heterocycles. The largest absolute Gasteiger partial charge is 0.320 e. The first-order valence-corrected chi connectivity index (χ1v) is 9.73. The molecule has 0 saturated heterocycles. The summed E-state index contributed by atoms with van der Waals surface area (Å²) in [6.45, 7) is 2.41. The van der Waals surface area contributed by atoms with Gasteiger partial charge in [-0.05, 0) is 25.1 Å². The molecule has 2 aromatic carbocycles. The summed E-state index contributed by atoms with van der Waals surface area (Å²) < 4.78 is 1.78. The van der Waals surface area contributed by atoms with Gasteiger partial charge in [0.05, 0.1) is 15.6 Å². The van der Waals surface area contributed by atoms with Crippen molar-refractivity contribution < 1.29 is 14.6 Å². The van der Waals surface area contributed by atoms with Crippen LogP contribution in [0, 0.1) is 20.2 Å². The Morgan fingerprint density at radius 2 is 1.77 bits per heavy atom. The number of rotatable bonds is 8. The highest BCUT2D eigenvalue weighted by Gasteiger charge is 2.18. The number of carbonyl (C=O) groups is 1. The van der Waals surface area contributed by atoms with Crippen molar-refractivity contribution in [2.24, 2.45) is 0 Å². The first-order chi connectivity index (χ1) is 14.4. The Bertz CT molecular complexity index is 1100. The Hall–Kier alpha value is -3.80. The Balaban J connectivity index is 1.71. The zero-order chi connectivity index (χ0) is 21.7. The van der Waals surface area contributed by atoms with Crippen LogP contribution in [0.3, 0.4) is 0 Å². The molecule has 30 heavy (non-hydrogen) atoms. The number of anilines is 1. The first kappa shape index (κ1) is 20.9. The molecule has 0 aliphatic rings. The maximum absolute atomic E-state index is 12.3. The number of nitrogens with zero attached hydrogens (tertiary/aromatic N) is 5. The SMILES string of the molecule is CCn1c(SCC(=O)Nc2ccccc2[N+](=O)[O-])nnc1-c1ccc([N+](=O)[O-])cc1. The molecule has 0 aliphatic carbocycles. The summed E-state index contributed by atoms with van der Waals surface area (Å²) in [5.74, 6) is 0.0793. The lowest BCUT2D eigenvalue weighted by Crippen LogP contribution is -2.15. The molecule has 0 atom stereocenters. The normalized spacial score (nSPS) is 10.6. The van der Waals surface area contributed by atoms with Crippen molar-refractivity contribution in [2.45, 2.75) is 18.6 Å². The molecule has 0 radical (unpaired) electrons. The van der Waals surface area contributed by atoms with Gasteiger partial charge in [-0.2, -0.15) is 0 Å². The number of nitrogens with one attached hydrogen (secondary N) is 1. The Morgan fingerprint density at radius 3 is 2.40 bits per heavy atom. The number of benzene rings is 2. The predicted octanol–water partition coefficient (Wildman–Crippen LogP) is 3.51. The Kier molecular flexibility index (Phi) is 6.37. The van der Waals surface area contributed by atoms with Crippen LogP contribution in [0.4, 0.5) is 17.1 Å². The van der Waals surface area contributed by atoms with Crippen LogP contribution < -0.4 is 5.32 Å². The number of aromatic nitrogens is 3. The summed E-state index contributed by atoms with van der Waals surface area (Å²) >= 11 is 1.14. The lowest BCUT2D eigenvalue weighted by molar-refractivity contribution is -0.384. The first-order valence-electron chi connectivity index (χ1n) is 8.74. The van der Waals surface area contributed by atoms with Crippen LogP contribution in [-0.2, 0) is 11.3 Å². The van der Waals surface area contributed by atoms with Crippen LogP contribution in [0.25, 0.3) is 11.4 Å². The van der Waals surface area contributed by atoms with Gasteiger partial charge in [0.15, 0.2) is 11.0 Å². The van der Waals surface area contributed by atoms with E-state index in [2.05, 4.69) is 15.5 Å². The van der Waals surface area contributed by atoms with Crippen LogP contribution in [-0.4, -0.2) is 36.3 Å². The average molecular weight is 428 g/mol. The second-order valence-corrected chi connectivity index (χ2v) is 6.91. The monoisotopic (exact) mass is 428 g/mol. The molecule has 3 rings (SSSR count). The van der Waals surface area contributed by atoms with Crippen LogP contribution >= 0.6 is 11.8 Å². The van der Waals surface area contributed by atoms with Crippen molar-refractivity contribution in [1.82, 2.24) is 14.8 Å². The van der Waals surface area contributed by atoms with Gasteiger partial charge in [0.2, 0.25) is 5.91 Å². The lowest BCUT2D eigenvalue weighted by Gasteiger charge is -2.08. The van der Waals surface area contributed by atoms with Gasteiger partial charge in [0.1, 0.15) is 5.69 Å². The van der Waals surface area contributed by atoms with E-state index in [9.17, 15) is 25.0 Å². The van der Waals surface area contributed by atoms with Gasteiger partial charge >= 0.3 is 0 Å². The van der Waals surface area contributed by atoms with E-state index in [0.717, 1.165) is 11.8 Å². The van der Waals surface area contributed by atoms with E-state index in [1.165, 1.54) is 30.3 Å². The molecule has 1 amide bonds. The van der Waals surface area contributed by atoms with Crippen molar-refractivity contribution in [3.8, 4) is 11.4 Å². The van der Waals surface area contributed by atoms with Gasteiger partial charge in [0, 0.05) is 30.3 Å². The highest BCUT2D eigenvalue weighted by molar-refractivity contribution is 7.99. The number of hydrogen-bond acceptors (Lipinski definition) is 8. The Labute approximate surface area is 174 Å². The maximum atomic E-state index is 12.3. The summed E-state index contributed by atoms with van der Waals surface area (Å²) in [5.41, 5.74) is 0.568. The third-order valence-corrected chi connectivity index (χ3v) is 5.04. The number of nitro benzene ring substituents is 2. The van der Waals surface area contributed by atoms with Crippen molar-refractivity contribution in [3.63, 3.8) is 0 Å². The summed E-state index contributed by atoms with van der Waals surface area (Å²) in [6, 6.07) is 11.8. The van der Waals surface area contributed by atoms with Gasteiger partial charge in [-0.1, -0.05) is 23.9 Å². The fraction of sp³-hybridized carbons (Fsp3) is 0.167. The maximum Gasteiger partial charge on any atom is 0.292 e. The van der Waals surface area contributed by atoms with E-state index in [1.54, 1.807) is 22.8 Å². The number of hydrogen-bond donors (Lipinski definition) is 1. The number of amides is 1. The van der Waals surface area contributed by atoms with Crippen molar-refractivity contribution >= 4 is 34.7 Å². The van der Waals surface area contributed by atoms with Gasteiger partial charge in [-0.25, -0.2) is 0 Å². The van der Waals surface area contributed by atoms with Crippen LogP contribution in [0.15, 0.2) is 53.7 Å². The molecule has 0 spiro atoms. The van der Waals surface area contributed by atoms with Gasteiger partial charge < -0.3 is 9.88 Å². The Morgan fingerprint density at radius 1 is 1.07 bits per heavy atom. The zero-order valence-electron chi connectivity index (χ0n) is 15.7. The third kappa shape index (κ3) is 4.60. The molecule has 12 heteroatoms. The second-order valence-electron chi connectivity index (χ2n) is 5.97. The van der Waals surface area contributed by atoms with E-state index in [1.807, 2.05) is 6.92 Å². The fourth-order valence-corrected chi connectivity index (χ4v) is 3.48. The van der Waals surface area contributed by atoms with Crippen molar-refractivity contribution in [1.29, 1.82) is 0 Å². The van der Waals surface area contributed by atoms with E-state index < -0.39 is 15.8 Å². The van der Waals surface area contributed by atoms with Gasteiger partial charge in [-0.3, -0.25) is 25.0 Å². The molecule has 154 valence electrons. The van der Waals surface area contributed by atoms with Crippen molar-refractivity contribution in [3.05, 3.63) is 68.8 Å². The van der Waals surface area contributed by atoms with E-state index in [4.69, 9.17) is 0 Å². The number of non-ortho nitro benzene ring substituents is 1. The highest BCUT2D eigenvalue weighted by Crippen LogP contribution is 2.27. The minimum absolute atomic E-state index is 0.0234. The van der Waals surface area contributed by atoms with E-state index in [0.29, 0.717) is 23.1 Å². The van der Waals surface area contributed by atoms with Crippen molar-refractivity contribution in [2.75, 3.05) is 11.1 Å². The minimum atomic E-state index is -0.563. The number of para-hydroxylation sites is 2. The molecule has 1 N–H and O–H groups in total. The molecule has 1 aromatic heterocycles. The van der Waals surface area contributed by atoms with Gasteiger partial charge in [0.25, 0.3) is 11.4 Å². The van der Waals surface area contributed by atoms with E-state index >= 15 is 0 Å². The fourth-order valence-electron chi connectivity index (χ4n) is 2.68. The topological polar surface area (TPSA) is 146 Å². The quantitative estimate of drug-likeness (QED) is 0.326. The minimum Gasteiger partial charge on any atom is -0.320 e. The molecule has 0 aliphatic heterocycles. The average Bonchev–Trinajstić information content (AvgIpc) is 3.15. The van der Waals surface area contributed by atoms with Crippen LogP contribution in [0.2, 0.25) is 0 Å². The lowest BCUT2D eigenvalue weighted by atomic mass is 10.2.